The van der Waals surface area contributed by atoms with E-state index >= 15 is 0 Å². The number of rotatable bonds is 5. The van der Waals surface area contributed by atoms with Gasteiger partial charge >= 0.3 is 0 Å². The molecule has 3 aromatic rings. The molecule has 2 heterocycles. The molecule has 152 valence electrons. The van der Waals surface area contributed by atoms with Crippen LogP contribution in [0.25, 0.3) is 11.3 Å². The first-order valence-electron chi connectivity index (χ1n) is 9.40. The second-order valence-corrected chi connectivity index (χ2v) is 8.74. The van der Waals surface area contributed by atoms with E-state index in [1.807, 2.05) is 30.3 Å². The summed E-state index contributed by atoms with van der Waals surface area (Å²) in [6, 6.07) is 15.0. The second kappa shape index (κ2) is 7.88. The molecule has 0 N–H and O–H groups in total. The number of hydrogen-bond acceptors (Lipinski definition) is 6. The number of para-hydroxylation sites is 1. The molecule has 0 unspecified atom stereocenters. The lowest BCUT2D eigenvalue weighted by atomic mass is 10.2. The Balaban J connectivity index is 1.60. The summed E-state index contributed by atoms with van der Waals surface area (Å²) in [5.41, 5.74) is 1.75. The largest absolute Gasteiger partial charge is 0.495 e. The van der Waals surface area contributed by atoms with E-state index in [2.05, 4.69) is 9.88 Å². The van der Waals surface area contributed by atoms with Crippen LogP contribution in [0.5, 0.6) is 5.75 Å². The standard InChI is InChI=1S/C21H23N3O4S/c1-16-22-15-20(28-16)17-8-9-19(27-2)21(14-17)29(25,26)24-12-10-23(11-13-24)18-6-4-3-5-7-18/h3-9,14-15H,10-13H2,1-2H3. The molecule has 29 heavy (non-hydrogen) atoms. The first-order chi connectivity index (χ1) is 14.0. The van der Waals surface area contributed by atoms with Crippen LogP contribution in [0, 0.1) is 6.92 Å². The average molecular weight is 413 g/mol. The van der Waals surface area contributed by atoms with Crippen LogP contribution >= 0.6 is 0 Å². The highest BCUT2D eigenvalue weighted by Gasteiger charge is 2.31. The number of methoxy groups -OCH3 is 1. The van der Waals surface area contributed by atoms with Crippen molar-refractivity contribution in [2.75, 3.05) is 38.2 Å². The van der Waals surface area contributed by atoms with E-state index in [1.54, 1.807) is 31.3 Å². The molecule has 0 bridgehead atoms. The summed E-state index contributed by atoms with van der Waals surface area (Å²) in [4.78, 5) is 6.42. The van der Waals surface area contributed by atoms with Crippen LogP contribution in [0.4, 0.5) is 5.69 Å². The Hall–Kier alpha value is -2.84. The zero-order valence-corrected chi connectivity index (χ0v) is 17.2. The van der Waals surface area contributed by atoms with Gasteiger partial charge in [-0.15, -0.1) is 0 Å². The normalized spacial score (nSPS) is 15.4. The predicted octanol–water partition coefficient (Wildman–Crippen LogP) is 3.17. The highest BCUT2D eigenvalue weighted by molar-refractivity contribution is 7.89. The summed E-state index contributed by atoms with van der Waals surface area (Å²) in [6.07, 6.45) is 1.59. The van der Waals surface area contributed by atoms with Crippen molar-refractivity contribution >= 4 is 15.7 Å². The predicted molar refractivity (Wildman–Crippen MR) is 111 cm³/mol. The molecular weight excluding hydrogens is 390 g/mol. The lowest BCUT2D eigenvalue weighted by molar-refractivity contribution is 0.374. The number of benzene rings is 2. The zero-order chi connectivity index (χ0) is 20.4. The lowest BCUT2D eigenvalue weighted by Gasteiger charge is -2.35. The van der Waals surface area contributed by atoms with Gasteiger partial charge in [0.05, 0.1) is 13.3 Å². The smallest absolute Gasteiger partial charge is 0.246 e. The maximum Gasteiger partial charge on any atom is 0.246 e. The van der Waals surface area contributed by atoms with Crippen LogP contribution in [0.15, 0.2) is 64.0 Å². The van der Waals surface area contributed by atoms with Gasteiger partial charge in [-0.05, 0) is 30.3 Å². The summed E-state index contributed by atoms with van der Waals surface area (Å²) in [5, 5.41) is 0. The molecule has 0 amide bonds. The Morgan fingerprint density at radius 1 is 1.03 bits per heavy atom. The van der Waals surface area contributed by atoms with E-state index in [4.69, 9.17) is 9.15 Å². The lowest BCUT2D eigenvalue weighted by Crippen LogP contribution is -2.48. The van der Waals surface area contributed by atoms with E-state index in [1.165, 1.54) is 11.4 Å². The van der Waals surface area contributed by atoms with Crippen molar-refractivity contribution in [2.24, 2.45) is 0 Å². The number of piperazine rings is 1. The van der Waals surface area contributed by atoms with Gasteiger partial charge in [-0.1, -0.05) is 18.2 Å². The van der Waals surface area contributed by atoms with Crippen LogP contribution < -0.4 is 9.64 Å². The molecule has 8 heteroatoms. The molecule has 4 rings (SSSR count). The number of sulfonamides is 1. The first-order valence-corrected chi connectivity index (χ1v) is 10.8. The molecule has 0 saturated carbocycles. The summed E-state index contributed by atoms with van der Waals surface area (Å²) in [5.74, 6) is 1.36. The van der Waals surface area contributed by atoms with Gasteiger partial charge in [0.1, 0.15) is 10.6 Å². The van der Waals surface area contributed by atoms with Crippen molar-refractivity contribution in [2.45, 2.75) is 11.8 Å². The molecule has 1 aliphatic rings. The van der Waals surface area contributed by atoms with E-state index < -0.39 is 10.0 Å². The van der Waals surface area contributed by atoms with Gasteiger partial charge in [0.25, 0.3) is 0 Å². The molecule has 0 aliphatic carbocycles. The Labute approximate surface area is 170 Å². The van der Waals surface area contributed by atoms with Crippen molar-refractivity contribution < 1.29 is 17.6 Å². The van der Waals surface area contributed by atoms with E-state index in [-0.39, 0.29) is 4.90 Å². The number of oxazole rings is 1. The minimum absolute atomic E-state index is 0.139. The van der Waals surface area contributed by atoms with Crippen LogP contribution in [-0.2, 0) is 10.0 Å². The van der Waals surface area contributed by atoms with E-state index in [0.717, 1.165) is 5.69 Å². The zero-order valence-electron chi connectivity index (χ0n) is 16.4. The molecule has 0 atom stereocenters. The SMILES string of the molecule is COc1ccc(-c2cnc(C)o2)cc1S(=O)(=O)N1CCN(c2ccccc2)CC1. The van der Waals surface area contributed by atoms with E-state index in [0.29, 0.717) is 49.1 Å². The maximum absolute atomic E-state index is 13.4. The molecule has 2 aromatic carbocycles. The fourth-order valence-corrected chi connectivity index (χ4v) is 5.09. The summed E-state index contributed by atoms with van der Waals surface area (Å²) < 4.78 is 39.2. The highest BCUT2D eigenvalue weighted by Crippen LogP contribution is 2.32. The Morgan fingerprint density at radius 2 is 1.76 bits per heavy atom. The van der Waals surface area contributed by atoms with Gasteiger partial charge in [0.2, 0.25) is 10.0 Å². The fraction of sp³-hybridized carbons (Fsp3) is 0.286. The molecule has 7 nitrogen and oxygen atoms in total. The quantitative estimate of drug-likeness (QED) is 0.640. The van der Waals surface area contributed by atoms with Gasteiger partial charge in [-0.2, -0.15) is 4.31 Å². The van der Waals surface area contributed by atoms with Crippen LogP contribution in [0.2, 0.25) is 0 Å². The van der Waals surface area contributed by atoms with Gasteiger partial charge in [-0.25, -0.2) is 13.4 Å². The van der Waals surface area contributed by atoms with Crippen LogP contribution in [0.1, 0.15) is 5.89 Å². The number of nitrogens with zero attached hydrogens (tertiary/aromatic N) is 3. The molecule has 1 saturated heterocycles. The second-order valence-electron chi connectivity index (χ2n) is 6.84. The Morgan fingerprint density at radius 3 is 2.38 bits per heavy atom. The highest BCUT2D eigenvalue weighted by atomic mass is 32.2. The average Bonchev–Trinajstić information content (AvgIpc) is 3.20. The van der Waals surface area contributed by atoms with Crippen molar-refractivity contribution in [3.05, 3.63) is 60.6 Å². The molecule has 0 radical (unpaired) electrons. The number of hydrogen-bond donors (Lipinski definition) is 0. The first kappa shape index (κ1) is 19.5. The van der Waals surface area contributed by atoms with Crippen molar-refractivity contribution in [1.82, 2.24) is 9.29 Å². The molecule has 1 fully saturated rings. The van der Waals surface area contributed by atoms with Gasteiger partial charge in [0, 0.05) is 44.4 Å². The van der Waals surface area contributed by atoms with Gasteiger partial charge in [-0.3, -0.25) is 0 Å². The van der Waals surface area contributed by atoms with Crippen LogP contribution in [-0.4, -0.2) is 51.0 Å². The summed E-state index contributed by atoms with van der Waals surface area (Å²) in [7, 11) is -2.24. The van der Waals surface area contributed by atoms with Crippen molar-refractivity contribution in [3.63, 3.8) is 0 Å². The number of aryl methyl sites for hydroxylation is 1. The minimum Gasteiger partial charge on any atom is -0.495 e. The van der Waals surface area contributed by atoms with E-state index in [9.17, 15) is 8.42 Å². The Kier molecular flexibility index (Phi) is 5.29. The third-order valence-corrected chi connectivity index (χ3v) is 6.97. The summed E-state index contributed by atoms with van der Waals surface area (Å²) in [6.45, 7) is 3.83. The van der Waals surface area contributed by atoms with Crippen LogP contribution in [0.3, 0.4) is 0 Å². The molecule has 1 aliphatic heterocycles. The molecular formula is C21H23N3O4S. The minimum atomic E-state index is -3.71. The Bertz CT molecular complexity index is 1090. The fourth-order valence-electron chi connectivity index (χ4n) is 3.49. The molecule has 1 aromatic heterocycles. The molecule has 0 spiro atoms. The van der Waals surface area contributed by atoms with Crippen molar-refractivity contribution in [1.29, 1.82) is 0 Å². The number of aromatic nitrogens is 1. The van der Waals surface area contributed by atoms with Gasteiger partial charge < -0.3 is 14.1 Å². The van der Waals surface area contributed by atoms with Gasteiger partial charge in [0.15, 0.2) is 11.7 Å². The van der Waals surface area contributed by atoms with Crippen molar-refractivity contribution in [3.8, 4) is 17.1 Å². The summed E-state index contributed by atoms with van der Waals surface area (Å²) >= 11 is 0. The monoisotopic (exact) mass is 413 g/mol. The number of anilines is 1. The topological polar surface area (TPSA) is 75.9 Å². The third kappa shape index (κ3) is 3.86. The maximum atomic E-state index is 13.4. The third-order valence-electron chi connectivity index (χ3n) is 5.05. The number of ether oxygens (including phenoxy) is 1.